The third-order valence-corrected chi connectivity index (χ3v) is 6.13. The first-order valence-corrected chi connectivity index (χ1v) is 12.6. The minimum atomic E-state index is -0.425. The van der Waals surface area contributed by atoms with Gasteiger partial charge < -0.3 is 23.7 Å². The zero-order valence-corrected chi connectivity index (χ0v) is 25.6. The fourth-order valence-electron chi connectivity index (χ4n) is 4.32. The fourth-order valence-corrected chi connectivity index (χ4v) is 4.32. The molecule has 2 aromatic carbocycles. The molecule has 0 fully saturated rings. The largest absolute Gasteiger partial charge is 0.493 e. The molecule has 216 valence electrons. The lowest BCUT2D eigenvalue weighted by Crippen LogP contribution is -2.25. The first kappa shape index (κ1) is 34.1. The highest BCUT2D eigenvalue weighted by Crippen LogP contribution is 2.42. The number of halogens is 2. The summed E-state index contributed by atoms with van der Waals surface area (Å²) in [5.41, 5.74) is 3.22. The molecule has 0 saturated carbocycles. The summed E-state index contributed by atoms with van der Waals surface area (Å²) in [6.07, 6.45) is -0.0644. The lowest BCUT2D eigenvalue weighted by molar-refractivity contribution is 0.0524. The van der Waals surface area contributed by atoms with Gasteiger partial charge in [-0.2, -0.15) is 0 Å². The van der Waals surface area contributed by atoms with Gasteiger partial charge in [-0.1, -0.05) is 19.9 Å². The van der Waals surface area contributed by atoms with E-state index in [9.17, 15) is 4.79 Å². The summed E-state index contributed by atoms with van der Waals surface area (Å²) in [5.74, 6) is 1.86. The quantitative estimate of drug-likeness (QED) is 0.222. The van der Waals surface area contributed by atoms with Crippen LogP contribution in [-0.2, 0) is 11.3 Å². The summed E-state index contributed by atoms with van der Waals surface area (Å²) in [7, 11) is 4.78. The number of ether oxygens (including phenoxy) is 5. The third kappa shape index (κ3) is 7.59. The van der Waals surface area contributed by atoms with Crippen molar-refractivity contribution < 1.29 is 28.5 Å². The van der Waals surface area contributed by atoms with Crippen LogP contribution in [0.4, 0.5) is 0 Å². The molecular formula is C29H40Cl2N2O6. The molecule has 8 nitrogen and oxygen atoms in total. The van der Waals surface area contributed by atoms with E-state index in [-0.39, 0.29) is 37.5 Å². The average Bonchev–Trinajstić information content (AvgIpc) is 2.89. The summed E-state index contributed by atoms with van der Waals surface area (Å²) in [6.45, 7) is 12.2. The Labute approximate surface area is 243 Å². The zero-order valence-electron chi connectivity index (χ0n) is 24.0. The molecule has 3 rings (SSSR count). The smallest absolute Gasteiger partial charge is 0.340 e. The van der Waals surface area contributed by atoms with Crippen molar-refractivity contribution in [3.8, 4) is 34.1 Å². The molecule has 3 aromatic rings. The number of carbonyl (C=O) groups is 1. The molecule has 10 heteroatoms. The van der Waals surface area contributed by atoms with Crippen LogP contribution in [0, 0.1) is 0 Å². The molecule has 39 heavy (non-hydrogen) atoms. The summed E-state index contributed by atoms with van der Waals surface area (Å²) >= 11 is 0. The van der Waals surface area contributed by atoms with E-state index in [2.05, 4.69) is 18.7 Å². The maximum atomic E-state index is 13.5. The SMILES string of the molecule is CCOC(=O)c1c(CN(CC)CC)nc2cc(OC)c(OC)cc2c1-c1ccc(OC)c(OC(C)C)c1.Cl.Cl. The molecule has 0 spiro atoms. The predicted octanol–water partition coefficient (Wildman–Crippen LogP) is 6.58. The monoisotopic (exact) mass is 582 g/mol. The molecule has 0 atom stereocenters. The standard InChI is InChI=1S/C29H38N2O6.2ClH/c1-9-31(10-2)17-22-28(29(32)36-11-3)27(19-12-13-23(33-6)26(14-19)37-18(4)5)20-15-24(34-7)25(35-8)16-21(20)30-22;;/h12-16,18H,9-11,17H2,1-8H3;2*1H. The van der Waals surface area contributed by atoms with Gasteiger partial charge >= 0.3 is 5.97 Å². The van der Waals surface area contributed by atoms with Gasteiger partial charge in [-0.25, -0.2) is 4.79 Å². The van der Waals surface area contributed by atoms with Crippen LogP contribution in [-0.4, -0.2) is 63.0 Å². The summed E-state index contributed by atoms with van der Waals surface area (Å²) in [6, 6.07) is 9.36. The second-order valence-corrected chi connectivity index (χ2v) is 8.75. The normalized spacial score (nSPS) is 10.6. The minimum Gasteiger partial charge on any atom is -0.493 e. The van der Waals surface area contributed by atoms with Gasteiger partial charge in [-0.3, -0.25) is 9.88 Å². The zero-order chi connectivity index (χ0) is 27.1. The van der Waals surface area contributed by atoms with Crippen LogP contribution in [0.15, 0.2) is 30.3 Å². The van der Waals surface area contributed by atoms with Crippen LogP contribution >= 0.6 is 24.8 Å². The Morgan fingerprint density at radius 3 is 2.03 bits per heavy atom. The Bertz CT molecular complexity index is 1250. The van der Waals surface area contributed by atoms with Gasteiger partial charge in [0.25, 0.3) is 0 Å². The highest BCUT2D eigenvalue weighted by Gasteiger charge is 2.26. The Hall–Kier alpha value is -2.94. The van der Waals surface area contributed by atoms with Gasteiger partial charge in [0.15, 0.2) is 23.0 Å². The summed E-state index contributed by atoms with van der Waals surface area (Å²) < 4.78 is 28.3. The number of esters is 1. The van der Waals surface area contributed by atoms with Crippen LogP contribution in [0.25, 0.3) is 22.0 Å². The van der Waals surface area contributed by atoms with Crippen LogP contribution in [0.2, 0.25) is 0 Å². The summed E-state index contributed by atoms with van der Waals surface area (Å²) in [4.78, 5) is 20.7. The highest BCUT2D eigenvalue weighted by molar-refractivity contribution is 6.08. The second-order valence-electron chi connectivity index (χ2n) is 8.75. The first-order valence-electron chi connectivity index (χ1n) is 12.6. The topological polar surface area (TPSA) is 79.4 Å². The fraction of sp³-hybridized carbons (Fsp3) is 0.448. The van der Waals surface area contributed by atoms with E-state index in [0.29, 0.717) is 51.9 Å². The first-order chi connectivity index (χ1) is 17.8. The van der Waals surface area contributed by atoms with Crippen molar-refractivity contribution in [2.75, 3.05) is 41.0 Å². The van der Waals surface area contributed by atoms with Gasteiger partial charge in [0.05, 0.1) is 50.8 Å². The van der Waals surface area contributed by atoms with Crippen molar-refractivity contribution in [2.45, 2.75) is 47.3 Å². The molecule has 1 aromatic heterocycles. The molecule has 0 bridgehead atoms. The van der Waals surface area contributed by atoms with Gasteiger partial charge in [0, 0.05) is 23.6 Å². The number of aromatic nitrogens is 1. The maximum absolute atomic E-state index is 13.5. The van der Waals surface area contributed by atoms with E-state index in [0.717, 1.165) is 24.0 Å². The van der Waals surface area contributed by atoms with Crippen molar-refractivity contribution in [1.29, 1.82) is 0 Å². The summed E-state index contributed by atoms with van der Waals surface area (Å²) in [5, 5.41) is 0.740. The van der Waals surface area contributed by atoms with E-state index in [1.165, 1.54) is 0 Å². The van der Waals surface area contributed by atoms with E-state index in [1.807, 2.05) is 44.2 Å². The molecule has 0 aliphatic rings. The van der Waals surface area contributed by atoms with Gasteiger partial charge in [0.2, 0.25) is 0 Å². The van der Waals surface area contributed by atoms with Crippen LogP contribution < -0.4 is 18.9 Å². The van der Waals surface area contributed by atoms with Gasteiger partial charge in [-0.05, 0) is 57.6 Å². The van der Waals surface area contributed by atoms with Crippen molar-refractivity contribution in [2.24, 2.45) is 0 Å². The molecule has 1 heterocycles. The van der Waals surface area contributed by atoms with Crippen LogP contribution in [0.3, 0.4) is 0 Å². The van der Waals surface area contributed by atoms with Crippen LogP contribution in [0.1, 0.15) is 50.7 Å². The van der Waals surface area contributed by atoms with Gasteiger partial charge in [0.1, 0.15) is 0 Å². The van der Waals surface area contributed by atoms with Crippen molar-refractivity contribution in [1.82, 2.24) is 9.88 Å². The Morgan fingerprint density at radius 2 is 1.49 bits per heavy atom. The van der Waals surface area contributed by atoms with Crippen molar-refractivity contribution in [3.05, 3.63) is 41.6 Å². The number of carbonyl (C=O) groups excluding carboxylic acids is 1. The van der Waals surface area contributed by atoms with Crippen molar-refractivity contribution >= 4 is 41.7 Å². The van der Waals surface area contributed by atoms with Gasteiger partial charge in [-0.15, -0.1) is 24.8 Å². The molecule has 0 radical (unpaired) electrons. The lowest BCUT2D eigenvalue weighted by Gasteiger charge is -2.23. The van der Waals surface area contributed by atoms with E-state index < -0.39 is 5.97 Å². The molecule has 0 N–H and O–H groups in total. The van der Waals surface area contributed by atoms with E-state index >= 15 is 0 Å². The number of fused-ring (bicyclic) bond motifs is 1. The molecule has 0 unspecified atom stereocenters. The molecular weight excluding hydrogens is 543 g/mol. The molecule has 0 aliphatic heterocycles. The second kappa shape index (κ2) is 15.6. The molecule has 0 amide bonds. The van der Waals surface area contributed by atoms with E-state index in [4.69, 9.17) is 28.7 Å². The Morgan fingerprint density at radius 1 is 0.872 bits per heavy atom. The van der Waals surface area contributed by atoms with E-state index in [1.54, 1.807) is 28.3 Å². The number of hydrogen-bond donors (Lipinski definition) is 0. The molecule has 0 aliphatic carbocycles. The van der Waals surface area contributed by atoms with Crippen molar-refractivity contribution in [3.63, 3.8) is 0 Å². The minimum absolute atomic E-state index is 0. The Balaban J connectivity index is 0.00000380. The number of rotatable bonds is 12. The number of nitrogens with zero attached hydrogens (tertiary/aromatic N) is 2. The number of benzene rings is 2. The predicted molar refractivity (Wildman–Crippen MR) is 160 cm³/mol. The lowest BCUT2D eigenvalue weighted by atomic mass is 9.93. The number of hydrogen-bond acceptors (Lipinski definition) is 8. The average molecular weight is 584 g/mol. The van der Waals surface area contributed by atoms with Crippen LogP contribution in [0.5, 0.6) is 23.0 Å². The number of methoxy groups -OCH3 is 3. The molecule has 0 saturated heterocycles. The number of pyridine rings is 1. The highest BCUT2D eigenvalue weighted by atomic mass is 35.5. The maximum Gasteiger partial charge on any atom is 0.340 e. The third-order valence-electron chi connectivity index (χ3n) is 6.13. The Kier molecular flexibility index (Phi) is 13.6.